The lowest BCUT2D eigenvalue weighted by Gasteiger charge is -2.22. The van der Waals surface area contributed by atoms with Gasteiger partial charge in [0, 0.05) is 0 Å². The fourth-order valence-electron chi connectivity index (χ4n) is 2.59. The van der Waals surface area contributed by atoms with E-state index < -0.39 is 0 Å². The number of fused-ring (bicyclic) bond motifs is 1. The van der Waals surface area contributed by atoms with Gasteiger partial charge in [0.1, 0.15) is 0 Å². The number of thiophene rings is 1. The summed E-state index contributed by atoms with van der Waals surface area (Å²) >= 11 is 1.83. The van der Waals surface area contributed by atoms with Crippen LogP contribution >= 0.6 is 11.3 Å². The smallest absolute Gasteiger partial charge is 0.00455 e. The summed E-state index contributed by atoms with van der Waals surface area (Å²) in [5.74, 6) is 2.13. The first-order valence-corrected chi connectivity index (χ1v) is 5.93. The number of nitrogens with two attached hydrogens (primary N) is 1. The molecule has 0 amide bonds. The first-order valence-electron chi connectivity index (χ1n) is 4.99. The van der Waals surface area contributed by atoms with Crippen LogP contribution in [0.1, 0.15) is 30.9 Å². The van der Waals surface area contributed by atoms with Crippen molar-refractivity contribution in [3.63, 3.8) is 0 Å². The van der Waals surface area contributed by atoms with Crippen molar-refractivity contribution < 1.29 is 0 Å². The molecule has 1 heterocycles. The van der Waals surface area contributed by atoms with Gasteiger partial charge < -0.3 is 5.73 Å². The summed E-state index contributed by atoms with van der Waals surface area (Å²) in [5, 5.41) is 4.62. The molecule has 1 nitrogen and oxygen atoms in total. The highest BCUT2D eigenvalue weighted by Gasteiger charge is 2.32. The van der Waals surface area contributed by atoms with Gasteiger partial charge in [0.05, 0.1) is 0 Å². The molecule has 72 valence electrons. The summed E-state index contributed by atoms with van der Waals surface area (Å²) < 4.78 is 0. The topological polar surface area (TPSA) is 26.0 Å². The average molecular weight is 195 g/mol. The van der Waals surface area contributed by atoms with Crippen LogP contribution in [0.15, 0.2) is 10.8 Å². The van der Waals surface area contributed by atoms with Gasteiger partial charge in [0.15, 0.2) is 0 Å². The Balaban J connectivity index is 2.28. The second-order valence-corrected chi connectivity index (χ2v) is 5.02. The Labute approximate surface area is 84.0 Å². The summed E-state index contributed by atoms with van der Waals surface area (Å²) in [4.78, 5) is 0. The van der Waals surface area contributed by atoms with Gasteiger partial charge in [-0.15, -0.1) is 0 Å². The van der Waals surface area contributed by atoms with Crippen LogP contribution in [0.4, 0.5) is 0 Å². The van der Waals surface area contributed by atoms with Crippen molar-refractivity contribution in [1.29, 1.82) is 0 Å². The molecular weight excluding hydrogens is 178 g/mol. The molecule has 2 heteroatoms. The normalized spacial score (nSPS) is 28.8. The van der Waals surface area contributed by atoms with Crippen molar-refractivity contribution in [2.24, 2.45) is 17.6 Å². The lowest BCUT2D eigenvalue weighted by molar-refractivity contribution is 0.376. The maximum atomic E-state index is 5.74. The molecule has 0 radical (unpaired) electrons. The van der Waals surface area contributed by atoms with E-state index in [2.05, 4.69) is 24.6 Å². The van der Waals surface area contributed by atoms with Crippen molar-refractivity contribution in [2.45, 2.75) is 26.2 Å². The molecule has 1 aliphatic carbocycles. The summed E-state index contributed by atoms with van der Waals surface area (Å²) in [5.41, 5.74) is 8.89. The van der Waals surface area contributed by atoms with Gasteiger partial charge in [-0.3, -0.25) is 0 Å². The van der Waals surface area contributed by atoms with E-state index >= 15 is 0 Å². The molecule has 2 rings (SSSR count). The first kappa shape index (κ1) is 9.22. The minimum Gasteiger partial charge on any atom is -0.330 e. The second kappa shape index (κ2) is 3.43. The third-order valence-electron chi connectivity index (χ3n) is 3.27. The maximum absolute atomic E-state index is 5.74. The number of rotatable bonds is 2. The first-order chi connectivity index (χ1) is 6.24. The van der Waals surface area contributed by atoms with Crippen molar-refractivity contribution in [1.82, 2.24) is 0 Å². The van der Waals surface area contributed by atoms with E-state index in [4.69, 9.17) is 5.73 Å². The van der Waals surface area contributed by atoms with Crippen molar-refractivity contribution in [3.8, 4) is 0 Å². The van der Waals surface area contributed by atoms with E-state index in [0.29, 0.717) is 11.8 Å². The molecule has 1 aromatic rings. The van der Waals surface area contributed by atoms with Crippen molar-refractivity contribution >= 4 is 11.3 Å². The molecule has 1 aromatic heterocycles. The summed E-state index contributed by atoms with van der Waals surface area (Å²) in [6.07, 6.45) is 1.26. The minimum absolute atomic E-state index is 0.630. The Morgan fingerprint density at radius 1 is 1.62 bits per heavy atom. The lowest BCUT2D eigenvalue weighted by atomic mass is 9.84. The Hall–Kier alpha value is -0.340. The Bertz CT molecular complexity index is 292. The van der Waals surface area contributed by atoms with Crippen LogP contribution < -0.4 is 5.73 Å². The van der Waals surface area contributed by atoms with Crippen molar-refractivity contribution in [3.05, 3.63) is 21.9 Å². The molecule has 13 heavy (non-hydrogen) atoms. The predicted molar refractivity (Wildman–Crippen MR) is 58.1 cm³/mol. The zero-order valence-corrected chi connectivity index (χ0v) is 9.10. The molecule has 0 spiro atoms. The van der Waals surface area contributed by atoms with Gasteiger partial charge in [-0.05, 0) is 52.6 Å². The Kier molecular flexibility index (Phi) is 2.43. The SMILES string of the molecule is CC(CN)C1c2cscc2CC1C. The molecule has 0 aromatic carbocycles. The van der Waals surface area contributed by atoms with Gasteiger partial charge >= 0.3 is 0 Å². The van der Waals surface area contributed by atoms with Crippen LogP contribution in [0, 0.1) is 11.8 Å². The third kappa shape index (κ3) is 1.42. The summed E-state index contributed by atoms with van der Waals surface area (Å²) in [7, 11) is 0. The molecule has 3 unspecified atom stereocenters. The quantitative estimate of drug-likeness (QED) is 0.771. The number of hydrogen-bond donors (Lipinski definition) is 1. The largest absolute Gasteiger partial charge is 0.330 e. The van der Waals surface area contributed by atoms with Gasteiger partial charge in [-0.2, -0.15) is 11.3 Å². The fourth-order valence-corrected chi connectivity index (χ4v) is 3.51. The third-order valence-corrected chi connectivity index (χ3v) is 4.09. The molecule has 0 saturated carbocycles. The molecule has 0 bridgehead atoms. The molecular formula is C11H17NS. The predicted octanol–water partition coefficient (Wildman–Crippen LogP) is 2.62. The fraction of sp³-hybridized carbons (Fsp3) is 0.636. The van der Waals surface area contributed by atoms with Gasteiger partial charge in [-0.25, -0.2) is 0 Å². The van der Waals surface area contributed by atoms with E-state index in [0.717, 1.165) is 12.5 Å². The van der Waals surface area contributed by atoms with E-state index in [1.165, 1.54) is 6.42 Å². The molecule has 1 aliphatic rings. The maximum Gasteiger partial charge on any atom is -0.00455 e. The highest BCUT2D eigenvalue weighted by atomic mass is 32.1. The highest BCUT2D eigenvalue weighted by molar-refractivity contribution is 7.08. The molecule has 0 fully saturated rings. The highest BCUT2D eigenvalue weighted by Crippen LogP contribution is 2.43. The molecule has 3 atom stereocenters. The summed E-state index contributed by atoms with van der Waals surface area (Å²) in [6, 6.07) is 0. The van der Waals surface area contributed by atoms with E-state index in [9.17, 15) is 0 Å². The molecule has 2 N–H and O–H groups in total. The Morgan fingerprint density at radius 2 is 2.38 bits per heavy atom. The van der Waals surface area contributed by atoms with Crippen LogP contribution in [0.3, 0.4) is 0 Å². The van der Waals surface area contributed by atoms with Gasteiger partial charge in [0.2, 0.25) is 0 Å². The standard InChI is InChI=1S/C11H17NS/c1-7-3-9-5-13-6-10(9)11(7)8(2)4-12/h5-8,11H,3-4,12H2,1-2H3. The van der Waals surface area contributed by atoms with Crippen LogP contribution in [0.2, 0.25) is 0 Å². The second-order valence-electron chi connectivity index (χ2n) is 4.27. The number of hydrogen-bond acceptors (Lipinski definition) is 2. The lowest BCUT2D eigenvalue weighted by Crippen LogP contribution is -2.21. The van der Waals surface area contributed by atoms with E-state index in [1.54, 1.807) is 11.1 Å². The molecule has 0 aliphatic heterocycles. The van der Waals surface area contributed by atoms with Crippen molar-refractivity contribution in [2.75, 3.05) is 6.54 Å². The monoisotopic (exact) mass is 195 g/mol. The minimum atomic E-state index is 0.630. The Morgan fingerprint density at radius 3 is 3.08 bits per heavy atom. The van der Waals surface area contributed by atoms with Crippen LogP contribution in [0.25, 0.3) is 0 Å². The summed E-state index contributed by atoms with van der Waals surface area (Å²) in [6.45, 7) is 5.43. The van der Waals surface area contributed by atoms with Crippen LogP contribution in [-0.2, 0) is 6.42 Å². The van der Waals surface area contributed by atoms with E-state index in [1.807, 2.05) is 11.3 Å². The van der Waals surface area contributed by atoms with Gasteiger partial charge in [0.25, 0.3) is 0 Å². The van der Waals surface area contributed by atoms with Gasteiger partial charge in [-0.1, -0.05) is 13.8 Å². The van der Waals surface area contributed by atoms with E-state index in [-0.39, 0.29) is 0 Å². The van der Waals surface area contributed by atoms with Crippen LogP contribution in [0.5, 0.6) is 0 Å². The zero-order chi connectivity index (χ0) is 9.42. The molecule has 0 saturated heterocycles. The average Bonchev–Trinajstić information content (AvgIpc) is 2.62. The van der Waals surface area contributed by atoms with Crippen LogP contribution in [-0.4, -0.2) is 6.54 Å². The zero-order valence-electron chi connectivity index (χ0n) is 8.29.